The first kappa shape index (κ1) is 19.9. The predicted octanol–water partition coefficient (Wildman–Crippen LogP) is 2.90. The van der Waals surface area contributed by atoms with Crippen LogP contribution in [0.1, 0.15) is 29.3 Å². The first-order chi connectivity index (χ1) is 13.4. The number of rotatable bonds is 6. The lowest BCUT2D eigenvalue weighted by Crippen LogP contribution is -2.46. The Morgan fingerprint density at radius 2 is 1.96 bits per heavy atom. The monoisotopic (exact) mass is 383 g/mol. The number of carbonyl (C=O) groups excluding carboxylic acids is 2. The number of benzene rings is 2. The number of amides is 2. The fourth-order valence-corrected chi connectivity index (χ4v) is 3.42. The van der Waals surface area contributed by atoms with Gasteiger partial charge in [0.25, 0.3) is 5.91 Å². The summed E-state index contributed by atoms with van der Waals surface area (Å²) in [6, 6.07) is 13.1. The molecule has 0 bridgehead atoms. The Morgan fingerprint density at radius 1 is 1.21 bits per heavy atom. The number of anilines is 1. The molecule has 1 saturated heterocycles. The first-order valence-corrected chi connectivity index (χ1v) is 9.58. The van der Waals surface area contributed by atoms with Crippen molar-refractivity contribution in [3.63, 3.8) is 0 Å². The van der Waals surface area contributed by atoms with E-state index in [0.717, 1.165) is 30.8 Å². The molecular formula is C22H26FN3O2. The second-order valence-corrected chi connectivity index (χ2v) is 7.39. The average molecular weight is 383 g/mol. The first-order valence-electron chi connectivity index (χ1n) is 9.58. The van der Waals surface area contributed by atoms with E-state index in [0.29, 0.717) is 18.0 Å². The zero-order chi connectivity index (χ0) is 20.1. The minimum absolute atomic E-state index is 0.193. The van der Waals surface area contributed by atoms with E-state index in [1.54, 1.807) is 31.2 Å². The van der Waals surface area contributed by atoms with Crippen LogP contribution in [-0.4, -0.2) is 37.5 Å². The van der Waals surface area contributed by atoms with Crippen molar-refractivity contribution in [3.8, 4) is 0 Å². The van der Waals surface area contributed by atoms with Crippen molar-refractivity contribution in [2.45, 2.75) is 26.3 Å². The topological polar surface area (TPSA) is 61.4 Å². The van der Waals surface area contributed by atoms with Crippen LogP contribution in [0, 0.1) is 18.7 Å². The standard InChI is InChI=1S/C22H26FN3O2/c1-15-4-3-5-18(12-15)22(28)25-16(2)21(27)24-13-17-10-11-26(14-17)20-8-6-19(23)7-9-20/h3-9,12,16-17H,10-11,13-14H2,1-2H3,(H,24,27)(H,25,28). The summed E-state index contributed by atoms with van der Waals surface area (Å²) in [5.74, 6) is -0.363. The summed E-state index contributed by atoms with van der Waals surface area (Å²) in [7, 11) is 0. The van der Waals surface area contributed by atoms with Gasteiger partial charge < -0.3 is 15.5 Å². The van der Waals surface area contributed by atoms with Gasteiger partial charge in [0, 0.05) is 30.9 Å². The van der Waals surface area contributed by atoms with Gasteiger partial charge in [-0.25, -0.2) is 4.39 Å². The number of halogens is 1. The van der Waals surface area contributed by atoms with Gasteiger partial charge in [-0.1, -0.05) is 17.7 Å². The summed E-state index contributed by atoms with van der Waals surface area (Å²) >= 11 is 0. The normalized spacial score (nSPS) is 17.2. The van der Waals surface area contributed by atoms with E-state index < -0.39 is 6.04 Å². The van der Waals surface area contributed by atoms with E-state index in [-0.39, 0.29) is 17.6 Å². The third-order valence-corrected chi connectivity index (χ3v) is 5.06. The lowest BCUT2D eigenvalue weighted by atomic mass is 10.1. The maximum Gasteiger partial charge on any atom is 0.251 e. The number of carbonyl (C=O) groups is 2. The summed E-state index contributed by atoms with van der Waals surface area (Å²) < 4.78 is 13.1. The highest BCUT2D eigenvalue weighted by Crippen LogP contribution is 2.23. The van der Waals surface area contributed by atoms with Crippen molar-refractivity contribution in [1.82, 2.24) is 10.6 Å². The summed E-state index contributed by atoms with van der Waals surface area (Å²) in [6.45, 7) is 5.86. The summed E-state index contributed by atoms with van der Waals surface area (Å²) in [5.41, 5.74) is 2.54. The Hall–Kier alpha value is -2.89. The van der Waals surface area contributed by atoms with Crippen molar-refractivity contribution >= 4 is 17.5 Å². The molecule has 5 nitrogen and oxygen atoms in total. The number of nitrogens with zero attached hydrogens (tertiary/aromatic N) is 1. The minimum Gasteiger partial charge on any atom is -0.371 e. The molecule has 3 rings (SSSR count). The van der Waals surface area contributed by atoms with Crippen LogP contribution in [0.2, 0.25) is 0 Å². The van der Waals surface area contributed by atoms with Crippen LogP contribution in [0.3, 0.4) is 0 Å². The third kappa shape index (κ3) is 5.09. The van der Waals surface area contributed by atoms with Crippen LogP contribution in [0.15, 0.2) is 48.5 Å². The number of nitrogens with one attached hydrogen (secondary N) is 2. The van der Waals surface area contributed by atoms with E-state index in [9.17, 15) is 14.0 Å². The fraction of sp³-hybridized carbons (Fsp3) is 0.364. The van der Waals surface area contributed by atoms with Crippen LogP contribution < -0.4 is 15.5 Å². The molecule has 0 aliphatic carbocycles. The molecule has 0 aromatic heterocycles. The van der Waals surface area contributed by atoms with Crippen molar-refractivity contribution in [2.75, 3.05) is 24.5 Å². The lowest BCUT2D eigenvalue weighted by molar-refractivity contribution is -0.122. The highest BCUT2D eigenvalue weighted by Gasteiger charge is 2.24. The van der Waals surface area contributed by atoms with Gasteiger partial charge in [0.05, 0.1) is 0 Å². The van der Waals surface area contributed by atoms with E-state index in [4.69, 9.17) is 0 Å². The summed E-state index contributed by atoms with van der Waals surface area (Å²) in [6.07, 6.45) is 0.960. The Kier molecular flexibility index (Phi) is 6.29. The van der Waals surface area contributed by atoms with Crippen LogP contribution in [-0.2, 0) is 4.79 Å². The van der Waals surface area contributed by atoms with Gasteiger partial charge in [0.2, 0.25) is 5.91 Å². The zero-order valence-electron chi connectivity index (χ0n) is 16.2. The van der Waals surface area contributed by atoms with Crippen LogP contribution in [0.25, 0.3) is 0 Å². The molecule has 148 valence electrons. The van der Waals surface area contributed by atoms with Crippen LogP contribution in [0.4, 0.5) is 10.1 Å². The molecule has 2 aromatic carbocycles. The SMILES string of the molecule is Cc1cccc(C(=O)NC(C)C(=O)NCC2CCN(c3ccc(F)cc3)C2)c1. The zero-order valence-corrected chi connectivity index (χ0v) is 16.2. The molecule has 1 heterocycles. The molecule has 1 fully saturated rings. The van der Waals surface area contributed by atoms with Gasteiger partial charge in [-0.05, 0) is 62.6 Å². The van der Waals surface area contributed by atoms with E-state index >= 15 is 0 Å². The van der Waals surface area contributed by atoms with Gasteiger partial charge in [0.1, 0.15) is 11.9 Å². The molecule has 6 heteroatoms. The summed E-state index contributed by atoms with van der Waals surface area (Å²) in [4.78, 5) is 26.8. The maximum absolute atomic E-state index is 13.1. The molecule has 0 radical (unpaired) electrons. The minimum atomic E-state index is -0.609. The third-order valence-electron chi connectivity index (χ3n) is 5.06. The highest BCUT2D eigenvalue weighted by molar-refractivity contribution is 5.97. The Balaban J connectivity index is 1.45. The highest BCUT2D eigenvalue weighted by atomic mass is 19.1. The smallest absolute Gasteiger partial charge is 0.251 e. The summed E-state index contributed by atoms with van der Waals surface area (Å²) in [5, 5.41) is 5.67. The van der Waals surface area contributed by atoms with Crippen molar-refractivity contribution < 1.29 is 14.0 Å². The molecule has 1 aliphatic rings. The van der Waals surface area contributed by atoms with Crippen LogP contribution in [0.5, 0.6) is 0 Å². The second-order valence-electron chi connectivity index (χ2n) is 7.39. The molecular weight excluding hydrogens is 357 g/mol. The Bertz CT molecular complexity index is 838. The fourth-order valence-electron chi connectivity index (χ4n) is 3.42. The molecule has 2 amide bonds. The second kappa shape index (κ2) is 8.87. The van der Waals surface area contributed by atoms with Gasteiger partial charge in [-0.3, -0.25) is 9.59 Å². The molecule has 0 spiro atoms. The Labute approximate surface area is 164 Å². The van der Waals surface area contributed by atoms with Gasteiger partial charge in [-0.2, -0.15) is 0 Å². The van der Waals surface area contributed by atoms with E-state index in [1.807, 2.05) is 19.1 Å². The van der Waals surface area contributed by atoms with Gasteiger partial charge in [-0.15, -0.1) is 0 Å². The van der Waals surface area contributed by atoms with Crippen LogP contribution >= 0.6 is 0 Å². The van der Waals surface area contributed by atoms with Crippen molar-refractivity contribution in [2.24, 2.45) is 5.92 Å². The molecule has 2 atom stereocenters. The quantitative estimate of drug-likeness (QED) is 0.806. The van der Waals surface area contributed by atoms with Crippen molar-refractivity contribution in [1.29, 1.82) is 0 Å². The maximum atomic E-state index is 13.1. The molecule has 2 unspecified atom stereocenters. The van der Waals surface area contributed by atoms with Gasteiger partial charge in [0.15, 0.2) is 0 Å². The average Bonchev–Trinajstić information content (AvgIpc) is 3.15. The molecule has 0 saturated carbocycles. The molecule has 28 heavy (non-hydrogen) atoms. The number of hydrogen-bond donors (Lipinski definition) is 2. The van der Waals surface area contributed by atoms with Crippen molar-refractivity contribution in [3.05, 3.63) is 65.5 Å². The Morgan fingerprint density at radius 3 is 2.68 bits per heavy atom. The van der Waals surface area contributed by atoms with E-state index in [2.05, 4.69) is 15.5 Å². The number of hydrogen-bond acceptors (Lipinski definition) is 3. The van der Waals surface area contributed by atoms with E-state index in [1.165, 1.54) is 12.1 Å². The largest absolute Gasteiger partial charge is 0.371 e. The molecule has 2 N–H and O–H groups in total. The predicted molar refractivity (Wildman–Crippen MR) is 108 cm³/mol. The molecule has 1 aliphatic heterocycles. The lowest BCUT2D eigenvalue weighted by Gasteiger charge is -2.19. The number of aryl methyl sites for hydroxylation is 1. The van der Waals surface area contributed by atoms with Gasteiger partial charge >= 0.3 is 0 Å². The molecule has 2 aromatic rings.